The van der Waals surface area contributed by atoms with Crippen LogP contribution in [0.3, 0.4) is 0 Å². The van der Waals surface area contributed by atoms with E-state index in [9.17, 15) is 5.11 Å². The fraction of sp³-hybridized carbons (Fsp3) is 0.500. The van der Waals surface area contributed by atoms with Crippen molar-refractivity contribution < 1.29 is 19.1 Å². The molecule has 2 unspecified atom stereocenters. The first kappa shape index (κ1) is 12.9. The van der Waals surface area contributed by atoms with Gasteiger partial charge in [-0.05, 0) is 12.5 Å². The first-order valence-corrected chi connectivity index (χ1v) is 6.25. The van der Waals surface area contributed by atoms with Crippen molar-refractivity contribution in [1.82, 2.24) is 20.3 Å². The minimum Gasteiger partial charge on any atom is -0.480 e. The van der Waals surface area contributed by atoms with Crippen LogP contribution in [-0.2, 0) is 4.74 Å². The highest BCUT2D eigenvalue weighted by molar-refractivity contribution is 5.47. The lowest BCUT2D eigenvalue weighted by atomic mass is 9.99. The van der Waals surface area contributed by atoms with E-state index in [0.29, 0.717) is 42.9 Å². The largest absolute Gasteiger partial charge is 0.480 e. The molecule has 8 nitrogen and oxygen atoms in total. The van der Waals surface area contributed by atoms with Crippen molar-refractivity contribution in [3.05, 3.63) is 18.0 Å². The minimum absolute atomic E-state index is 0.295. The van der Waals surface area contributed by atoms with Crippen LogP contribution in [0.25, 0.3) is 11.5 Å². The fourth-order valence-corrected chi connectivity index (χ4v) is 2.00. The second kappa shape index (κ2) is 5.51. The third-order valence-corrected chi connectivity index (χ3v) is 3.16. The van der Waals surface area contributed by atoms with Gasteiger partial charge in [-0.3, -0.25) is 0 Å². The molecule has 0 radical (unpaired) electrons. The molecule has 2 aromatic rings. The monoisotopic (exact) mass is 278 g/mol. The lowest BCUT2D eigenvalue weighted by molar-refractivity contribution is -0.0149. The summed E-state index contributed by atoms with van der Waals surface area (Å²) in [5.74, 6) is 0.794. The Balaban J connectivity index is 1.81. The quantitative estimate of drug-likeness (QED) is 0.860. The van der Waals surface area contributed by atoms with Gasteiger partial charge in [0.1, 0.15) is 5.69 Å². The summed E-state index contributed by atoms with van der Waals surface area (Å²) in [5.41, 5.74) is 0.479. The van der Waals surface area contributed by atoms with Gasteiger partial charge in [0.05, 0.1) is 25.7 Å². The Bertz CT molecular complexity index is 571. The van der Waals surface area contributed by atoms with E-state index < -0.39 is 6.10 Å². The molecule has 0 spiro atoms. The molecule has 3 rings (SSSR count). The topological polar surface area (TPSA) is 103 Å². The lowest BCUT2D eigenvalue weighted by Gasteiger charge is -2.24. The number of hydrogen-bond acceptors (Lipinski definition) is 8. The normalized spacial score (nSPS) is 22.7. The summed E-state index contributed by atoms with van der Waals surface area (Å²) < 4.78 is 15.4. The van der Waals surface area contributed by atoms with Crippen LogP contribution in [0.2, 0.25) is 0 Å². The standard InChI is InChI=1S/C12H14N4O4/c1-18-10-3-2-8(14-15-10)11-13-12(20-16-11)7-6-19-5-4-9(7)17/h2-3,7,9,17H,4-6H2,1H3. The van der Waals surface area contributed by atoms with Crippen molar-refractivity contribution in [2.75, 3.05) is 20.3 Å². The number of rotatable bonds is 3. The maximum atomic E-state index is 9.92. The van der Waals surface area contributed by atoms with E-state index in [-0.39, 0.29) is 5.92 Å². The molecule has 3 heterocycles. The van der Waals surface area contributed by atoms with Crippen LogP contribution in [0.1, 0.15) is 18.2 Å². The number of nitrogens with zero attached hydrogens (tertiary/aromatic N) is 4. The number of aromatic nitrogens is 4. The highest BCUT2D eigenvalue weighted by atomic mass is 16.5. The van der Waals surface area contributed by atoms with E-state index in [4.69, 9.17) is 14.0 Å². The van der Waals surface area contributed by atoms with Gasteiger partial charge in [-0.1, -0.05) is 5.16 Å². The van der Waals surface area contributed by atoms with Gasteiger partial charge in [-0.2, -0.15) is 4.98 Å². The Morgan fingerprint density at radius 2 is 2.25 bits per heavy atom. The average Bonchev–Trinajstić information content (AvgIpc) is 2.97. The minimum atomic E-state index is -0.529. The maximum absolute atomic E-state index is 9.92. The highest BCUT2D eigenvalue weighted by Crippen LogP contribution is 2.26. The van der Waals surface area contributed by atoms with Gasteiger partial charge in [0.15, 0.2) is 0 Å². The van der Waals surface area contributed by atoms with Crippen molar-refractivity contribution in [3.63, 3.8) is 0 Å². The average molecular weight is 278 g/mol. The Hall–Kier alpha value is -2.06. The lowest BCUT2D eigenvalue weighted by Crippen LogP contribution is -2.30. The molecule has 2 atom stereocenters. The summed E-state index contributed by atoms with van der Waals surface area (Å²) in [6, 6.07) is 3.35. The van der Waals surface area contributed by atoms with Crippen LogP contribution < -0.4 is 4.74 Å². The van der Waals surface area contributed by atoms with E-state index in [1.165, 1.54) is 7.11 Å². The number of methoxy groups -OCH3 is 1. The van der Waals surface area contributed by atoms with Crippen LogP contribution in [0.15, 0.2) is 16.7 Å². The molecule has 0 saturated carbocycles. The van der Waals surface area contributed by atoms with Crippen LogP contribution in [0.4, 0.5) is 0 Å². The third kappa shape index (κ3) is 2.47. The second-order valence-electron chi connectivity index (χ2n) is 4.45. The zero-order valence-corrected chi connectivity index (χ0v) is 10.9. The van der Waals surface area contributed by atoms with Crippen LogP contribution in [0, 0.1) is 0 Å². The number of aliphatic hydroxyl groups excluding tert-OH is 1. The van der Waals surface area contributed by atoms with E-state index in [1.807, 2.05) is 0 Å². The predicted octanol–water partition coefficient (Wildman–Crippen LogP) is 0.400. The molecule has 2 aromatic heterocycles. The SMILES string of the molecule is COc1ccc(-c2noc(C3COCCC3O)n2)nn1. The van der Waals surface area contributed by atoms with Crippen molar-refractivity contribution in [2.24, 2.45) is 0 Å². The Labute approximate surface area is 114 Å². The molecule has 0 aromatic carbocycles. The van der Waals surface area contributed by atoms with Crippen LogP contribution >= 0.6 is 0 Å². The molecular formula is C12H14N4O4. The molecule has 0 bridgehead atoms. The van der Waals surface area contributed by atoms with Gasteiger partial charge in [0.2, 0.25) is 17.6 Å². The molecule has 1 aliphatic heterocycles. The smallest absolute Gasteiger partial charge is 0.235 e. The third-order valence-electron chi connectivity index (χ3n) is 3.16. The predicted molar refractivity (Wildman–Crippen MR) is 66.1 cm³/mol. The molecule has 20 heavy (non-hydrogen) atoms. The molecule has 8 heteroatoms. The van der Waals surface area contributed by atoms with Gasteiger partial charge in [0, 0.05) is 12.7 Å². The second-order valence-corrected chi connectivity index (χ2v) is 4.45. The maximum Gasteiger partial charge on any atom is 0.235 e. The number of hydrogen-bond donors (Lipinski definition) is 1. The van der Waals surface area contributed by atoms with Crippen LogP contribution in [0.5, 0.6) is 5.88 Å². The summed E-state index contributed by atoms with van der Waals surface area (Å²) in [6.45, 7) is 0.916. The molecular weight excluding hydrogens is 264 g/mol. The summed E-state index contributed by atoms with van der Waals surface area (Å²) in [7, 11) is 1.51. The van der Waals surface area contributed by atoms with Crippen molar-refractivity contribution in [2.45, 2.75) is 18.4 Å². The van der Waals surface area contributed by atoms with Gasteiger partial charge < -0.3 is 19.1 Å². The Kier molecular flexibility index (Phi) is 3.57. The van der Waals surface area contributed by atoms with Gasteiger partial charge in [-0.25, -0.2) is 0 Å². The van der Waals surface area contributed by atoms with Gasteiger partial charge in [-0.15, -0.1) is 10.2 Å². The van der Waals surface area contributed by atoms with E-state index >= 15 is 0 Å². The summed E-state index contributed by atoms with van der Waals surface area (Å²) in [5, 5.41) is 21.6. The van der Waals surface area contributed by atoms with Gasteiger partial charge >= 0.3 is 0 Å². The van der Waals surface area contributed by atoms with Gasteiger partial charge in [0.25, 0.3) is 0 Å². The summed E-state index contributed by atoms with van der Waals surface area (Å²) in [6.07, 6.45) is 0.0315. The fourth-order valence-electron chi connectivity index (χ4n) is 2.00. The molecule has 0 aliphatic carbocycles. The zero-order chi connectivity index (χ0) is 13.9. The molecule has 1 fully saturated rings. The highest BCUT2D eigenvalue weighted by Gasteiger charge is 2.30. The summed E-state index contributed by atoms with van der Waals surface area (Å²) in [4.78, 5) is 4.25. The van der Waals surface area contributed by atoms with E-state index in [0.717, 1.165) is 0 Å². The van der Waals surface area contributed by atoms with E-state index in [1.54, 1.807) is 12.1 Å². The molecule has 1 aliphatic rings. The molecule has 106 valence electrons. The molecule has 0 amide bonds. The first-order valence-electron chi connectivity index (χ1n) is 6.25. The van der Waals surface area contributed by atoms with Crippen molar-refractivity contribution in [3.8, 4) is 17.4 Å². The van der Waals surface area contributed by atoms with Crippen LogP contribution in [-0.4, -0.2) is 51.9 Å². The Morgan fingerprint density at radius 3 is 2.95 bits per heavy atom. The molecule has 1 N–H and O–H groups in total. The number of ether oxygens (including phenoxy) is 2. The van der Waals surface area contributed by atoms with E-state index in [2.05, 4.69) is 20.3 Å². The number of aliphatic hydroxyl groups is 1. The van der Waals surface area contributed by atoms with Crippen molar-refractivity contribution >= 4 is 0 Å². The first-order chi connectivity index (χ1) is 9.78. The zero-order valence-electron chi connectivity index (χ0n) is 10.9. The summed E-state index contributed by atoms with van der Waals surface area (Å²) >= 11 is 0. The molecule has 1 saturated heterocycles. The Morgan fingerprint density at radius 1 is 1.35 bits per heavy atom. The van der Waals surface area contributed by atoms with Crippen molar-refractivity contribution in [1.29, 1.82) is 0 Å².